The Morgan fingerprint density at radius 3 is 2.64 bits per heavy atom. The topological polar surface area (TPSA) is 110 Å². The zero-order valence-electron chi connectivity index (χ0n) is 20.7. The van der Waals surface area contributed by atoms with Crippen LogP contribution in [0.3, 0.4) is 0 Å². The fourth-order valence-electron chi connectivity index (χ4n) is 3.96. The van der Waals surface area contributed by atoms with E-state index >= 15 is 0 Å². The molecule has 0 saturated carbocycles. The zero-order valence-corrected chi connectivity index (χ0v) is 21.5. The second-order valence-electron chi connectivity index (χ2n) is 8.52. The number of nitrogens with zero attached hydrogens (tertiary/aromatic N) is 4. The van der Waals surface area contributed by atoms with E-state index in [4.69, 9.17) is 14.6 Å². The number of aromatic nitrogens is 3. The first-order valence-corrected chi connectivity index (χ1v) is 12.6. The number of carboxylic acids is 1. The maximum Gasteiger partial charge on any atom is 0.490 e. The number of alkyl halides is 3. The molecule has 39 heavy (non-hydrogen) atoms. The molecular weight excluding hydrogens is 535 g/mol. The Hall–Kier alpha value is -4.23. The lowest BCUT2D eigenvalue weighted by Gasteiger charge is -2.20. The van der Waals surface area contributed by atoms with Gasteiger partial charge in [0.15, 0.2) is 5.82 Å². The summed E-state index contributed by atoms with van der Waals surface area (Å²) in [5, 5.41) is 18.9. The highest BCUT2D eigenvalue weighted by Crippen LogP contribution is 2.26. The van der Waals surface area contributed by atoms with Crippen molar-refractivity contribution in [1.82, 2.24) is 25.0 Å². The molecule has 13 heteroatoms. The van der Waals surface area contributed by atoms with E-state index in [9.17, 15) is 18.0 Å². The van der Waals surface area contributed by atoms with Gasteiger partial charge in [0, 0.05) is 37.9 Å². The van der Waals surface area contributed by atoms with Crippen LogP contribution in [0.5, 0.6) is 5.75 Å². The Bertz CT molecular complexity index is 1440. The van der Waals surface area contributed by atoms with Gasteiger partial charge in [0.25, 0.3) is 5.91 Å². The fraction of sp³-hybridized carbons (Fsp3) is 0.231. The highest BCUT2D eigenvalue weighted by molar-refractivity contribution is 7.07. The number of rotatable bonds is 6. The standard InChI is InChI=1S/C24H23N5O2S.C2HF3O2/c1-31-20-6-2-4-17(10-20)11-26-24(30)21-12-27-29-22(21)15-28(13-18-7-9-32-16-18)14-19-5-3-8-25-23(19)29;3-2(4,5)1(6)7/h2-10,12,16H,11,13-15H2,1H3,(H,26,30);(H,6,7). The molecule has 0 aliphatic carbocycles. The van der Waals surface area contributed by atoms with Crippen molar-refractivity contribution in [2.75, 3.05) is 7.11 Å². The number of amides is 1. The molecule has 1 aliphatic rings. The molecule has 5 rings (SSSR count). The van der Waals surface area contributed by atoms with Crippen LogP contribution in [0.1, 0.15) is 32.7 Å². The lowest BCUT2D eigenvalue weighted by molar-refractivity contribution is -0.192. The van der Waals surface area contributed by atoms with Gasteiger partial charge in [0.2, 0.25) is 0 Å². The third-order valence-electron chi connectivity index (χ3n) is 5.76. The van der Waals surface area contributed by atoms with Crippen LogP contribution in [0.15, 0.2) is 65.6 Å². The van der Waals surface area contributed by atoms with Gasteiger partial charge in [0.05, 0.1) is 24.6 Å². The molecule has 0 saturated heterocycles. The number of carbonyl (C=O) groups excluding carboxylic acids is 1. The van der Waals surface area contributed by atoms with E-state index in [1.54, 1.807) is 30.8 Å². The first kappa shape index (κ1) is 27.8. The van der Waals surface area contributed by atoms with Crippen molar-refractivity contribution in [2.45, 2.75) is 32.4 Å². The predicted molar refractivity (Wildman–Crippen MR) is 136 cm³/mol. The van der Waals surface area contributed by atoms with Crippen molar-refractivity contribution >= 4 is 23.2 Å². The summed E-state index contributed by atoms with van der Waals surface area (Å²) in [6, 6.07) is 13.8. The minimum Gasteiger partial charge on any atom is -0.497 e. The average molecular weight is 560 g/mol. The van der Waals surface area contributed by atoms with Gasteiger partial charge >= 0.3 is 12.1 Å². The molecule has 4 heterocycles. The summed E-state index contributed by atoms with van der Waals surface area (Å²) < 4.78 is 38.8. The summed E-state index contributed by atoms with van der Waals surface area (Å²) in [5.41, 5.74) is 4.75. The van der Waals surface area contributed by atoms with Gasteiger partial charge in [-0.3, -0.25) is 9.69 Å². The van der Waals surface area contributed by atoms with Crippen molar-refractivity contribution in [2.24, 2.45) is 0 Å². The lowest BCUT2D eigenvalue weighted by Crippen LogP contribution is -2.26. The Morgan fingerprint density at radius 2 is 1.95 bits per heavy atom. The van der Waals surface area contributed by atoms with Crippen LogP contribution in [-0.2, 0) is 31.0 Å². The number of nitrogens with one attached hydrogen (secondary N) is 1. The van der Waals surface area contributed by atoms with E-state index < -0.39 is 12.1 Å². The monoisotopic (exact) mass is 559 g/mol. The molecule has 0 spiro atoms. The zero-order chi connectivity index (χ0) is 28.0. The number of aliphatic carboxylic acids is 1. The van der Waals surface area contributed by atoms with Gasteiger partial charge < -0.3 is 15.2 Å². The molecule has 4 aromatic rings. The minimum absolute atomic E-state index is 0.149. The van der Waals surface area contributed by atoms with Crippen LogP contribution in [0.4, 0.5) is 13.2 Å². The van der Waals surface area contributed by atoms with E-state index in [0.717, 1.165) is 41.5 Å². The second kappa shape index (κ2) is 12.1. The minimum atomic E-state index is -5.08. The average Bonchev–Trinajstić information content (AvgIpc) is 3.54. The fourth-order valence-corrected chi connectivity index (χ4v) is 4.62. The van der Waals surface area contributed by atoms with E-state index in [2.05, 4.69) is 43.2 Å². The number of ether oxygens (including phenoxy) is 1. The maximum atomic E-state index is 13.1. The van der Waals surface area contributed by atoms with Crippen LogP contribution in [0.2, 0.25) is 0 Å². The number of thiophene rings is 1. The third kappa shape index (κ3) is 7.00. The molecular formula is C26H24F3N5O4S. The number of benzene rings is 1. The van der Waals surface area contributed by atoms with Gasteiger partial charge in [-0.15, -0.1) is 0 Å². The van der Waals surface area contributed by atoms with Crippen LogP contribution in [0.25, 0.3) is 5.82 Å². The van der Waals surface area contributed by atoms with Crippen LogP contribution < -0.4 is 10.1 Å². The summed E-state index contributed by atoms with van der Waals surface area (Å²) in [5.74, 6) is -1.36. The third-order valence-corrected chi connectivity index (χ3v) is 6.50. The Labute approximate surface area is 225 Å². The Morgan fingerprint density at radius 1 is 1.15 bits per heavy atom. The molecule has 0 fully saturated rings. The van der Waals surface area contributed by atoms with Crippen LogP contribution in [-0.4, -0.2) is 49.9 Å². The summed E-state index contributed by atoms with van der Waals surface area (Å²) in [6.07, 6.45) is -1.68. The molecule has 3 aromatic heterocycles. The second-order valence-corrected chi connectivity index (χ2v) is 9.30. The smallest absolute Gasteiger partial charge is 0.490 e. The van der Waals surface area contributed by atoms with Gasteiger partial charge in [-0.1, -0.05) is 18.2 Å². The number of hydrogen-bond donors (Lipinski definition) is 2. The van der Waals surface area contributed by atoms with E-state index in [1.807, 2.05) is 35.0 Å². The lowest BCUT2D eigenvalue weighted by atomic mass is 10.2. The number of fused-ring (bicyclic) bond motifs is 3. The van der Waals surface area contributed by atoms with Crippen molar-refractivity contribution in [1.29, 1.82) is 0 Å². The van der Waals surface area contributed by atoms with Crippen LogP contribution in [0, 0.1) is 0 Å². The number of halogens is 3. The summed E-state index contributed by atoms with van der Waals surface area (Å²) in [6.45, 7) is 2.56. The van der Waals surface area contributed by atoms with Crippen molar-refractivity contribution in [3.63, 3.8) is 0 Å². The first-order chi connectivity index (χ1) is 18.7. The van der Waals surface area contributed by atoms with E-state index in [1.165, 1.54) is 5.56 Å². The molecule has 0 unspecified atom stereocenters. The number of carboxylic acid groups (broad SMARTS) is 1. The number of hydrogen-bond acceptors (Lipinski definition) is 7. The van der Waals surface area contributed by atoms with Gasteiger partial charge in [0.1, 0.15) is 5.75 Å². The first-order valence-electron chi connectivity index (χ1n) is 11.6. The number of pyridine rings is 1. The largest absolute Gasteiger partial charge is 0.497 e. The summed E-state index contributed by atoms with van der Waals surface area (Å²) >= 11 is 1.69. The van der Waals surface area contributed by atoms with Gasteiger partial charge in [-0.05, 0) is 46.2 Å². The molecule has 2 N–H and O–H groups in total. The number of carbonyl (C=O) groups is 2. The molecule has 0 atom stereocenters. The van der Waals surface area contributed by atoms with Crippen molar-refractivity contribution in [3.8, 4) is 11.6 Å². The van der Waals surface area contributed by atoms with E-state index in [-0.39, 0.29) is 5.91 Å². The molecule has 0 bridgehead atoms. The molecule has 1 aromatic carbocycles. The molecule has 1 amide bonds. The molecule has 1 aliphatic heterocycles. The van der Waals surface area contributed by atoms with Crippen molar-refractivity contribution < 1.29 is 32.6 Å². The molecule has 9 nitrogen and oxygen atoms in total. The Kier molecular flexibility index (Phi) is 8.62. The number of methoxy groups -OCH3 is 1. The van der Waals surface area contributed by atoms with Gasteiger partial charge in [-0.25, -0.2) is 14.5 Å². The van der Waals surface area contributed by atoms with Crippen molar-refractivity contribution in [3.05, 3.63) is 93.6 Å². The normalized spacial score (nSPS) is 12.8. The maximum absolute atomic E-state index is 13.1. The predicted octanol–water partition coefficient (Wildman–Crippen LogP) is 4.42. The highest BCUT2D eigenvalue weighted by Gasteiger charge is 2.38. The SMILES string of the molecule is COc1cccc(CNC(=O)c2cnn3c2CN(Cc2ccsc2)Cc2cccnc2-3)c1.O=C(O)C(F)(F)F. The van der Waals surface area contributed by atoms with Crippen LogP contribution >= 0.6 is 11.3 Å². The Balaban J connectivity index is 0.000000448. The quantitative estimate of drug-likeness (QED) is 0.360. The summed E-state index contributed by atoms with van der Waals surface area (Å²) in [4.78, 5) is 28.9. The molecule has 0 radical (unpaired) electrons. The van der Waals surface area contributed by atoms with Gasteiger partial charge in [-0.2, -0.15) is 29.6 Å². The molecule has 204 valence electrons. The summed E-state index contributed by atoms with van der Waals surface area (Å²) in [7, 11) is 1.63. The van der Waals surface area contributed by atoms with E-state index in [0.29, 0.717) is 18.7 Å². The highest BCUT2D eigenvalue weighted by atomic mass is 32.1.